The summed E-state index contributed by atoms with van der Waals surface area (Å²) in [5, 5.41) is 0. The van der Waals surface area contributed by atoms with Crippen molar-refractivity contribution in [3.63, 3.8) is 0 Å². The molecule has 1 aromatic heterocycles. The van der Waals surface area contributed by atoms with Gasteiger partial charge < -0.3 is 10.7 Å². The van der Waals surface area contributed by atoms with Crippen molar-refractivity contribution >= 4 is 12.0 Å². The Kier molecular flexibility index (Phi) is 3.11. The number of hydrogen-bond donors (Lipinski definition) is 2. The summed E-state index contributed by atoms with van der Waals surface area (Å²) < 4.78 is 37.2. The average molecular weight is 233 g/mol. The van der Waals surface area contributed by atoms with Crippen LogP contribution >= 0.6 is 0 Å². The lowest BCUT2D eigenvalue weighted by Gasteiger charge is -2.06. The van der Waals surface area contributed by atoms with E-state index in [0.29, 0.717) is 18.5 Å². The molecule has 0 unspecified atom stereocenters. The summed E-state index contributed by atoms with van der Waals surface area (Å²) in [5.41, 5.74) is 1.59. The third-order valence-electron chi connectivity index (χ3n) is 1.57. The number of amides is 1. The van der Waals surface area contributed by atoms with E-state index in [2.05, 4.69) is 4.98 Å². The van der Waals surface area contributed by atoms with Crippen molar-refractivity contribution in [2.75, 3.05) is 0 Å². The molecular formula is C8H6F3N3O2. The van der Waals surface area contributed by atoms with Crippen LogP contribution in [-0.4, -0.2) is 15.9 Å². The molecule has 1 rings (SSSR count). The Morgan fingerprint density at radius 3 is 2.62 bits per heavy atom. The Labute approximate surface area is 86.8 Å². The first kappa shape index (κ1) is 12.0. The van der Waals surface area contributed by atoms with Gasteiger partial charge in [0.25, 0.3) is 5.56 Å². The predicted octanol–water partition coefficient (Wildman–Crippen LogP) is 0.287. The number of carbonyl (C=O) groups is 1. The molecule has 86 valence electrons. The summed E-state index contributed by atoms with van der Waals surface area (Å²) in [7, 11) is 0. The SMILES string of the molecule is NC(=O)C=Cc1c(C(F)(F)F)nc[nH]c1=O. The van der Waals surface area contributed by atoms with Crippen LogP contribution in [0, 0.1) is 0 Å². The summed E-state index contributed by atoms with van der Waals surface area (Å²) in [6.45, 7) is 0. The Morgan fingerprint density at radius 2 is 2.12 bits per heavy atom. The lowest BCUT2D eigenvalue weighted by Crippen LogP contribution is -2.20. The molecular weight excluding hydrogens is 227 g/mol. The number of rotatable bonds is 2. The van der Waals surface area contributed by atoms with Crippen molar-refractivity contribution in [2.24, 2.45) is 5.73 Å². The van der Waals surface area contributed by atoms with E-state index in [0.717, 1.165) is 0 Å². The van der Waals surface area contributed by atoms with Gasteiger partial charge in [0.05, 0.1) is 11.9 Å². The van der Waals surface area contributed by atoms with Crippen molar-refractivity contribution in [2.45, 2.75) is 6.18 Å². The maximum Gasteiger partial charge on any atom is 0.434 e. The van der Waals surface area contributed by atoms with Crippen LogP contribution in [0.4, 0.5) is 13.2 Å². The number of nitrogens with zero attached hydrogens (tertiary/aromatic N) is 1. The van der Waals surface area contributed by atoms with Crippen molar-refractivity contribution in [1.29, 1.82) is 0 Å². The minimum absolute atomic E-state index is 0.632. The first-order chi connectivity index (χ1) is 7.32. The summed E-state index contributed by atoms with van der Waals surface area (Å²) in [6.07, 6.45) is -2.81. The normalized spacial score (nSPS) is 11.9. The molecule has 0 aromatic carbocycles. The Morgan fingerprint density at radius 1 is 1.50 bits per heavy atom. The van der Waals surface area contributed by atoms with Gasteiger partial charge >= 0.3 is 6.18 Å². The smallest absolute Gasteiger partial charge is 0.366 e. The molecule has 0 saturated carbocycles. The molecule has 0 aliphatic heterocycles. The zero-order chi connectivity index (χ0) is 12.3. The van der Waals surface area contributed by atoms with E-state index in [1.165, 1.54) is 0 Å². The first-order valence-electron chi connectivity index (χ1n) is 3.95. The zero-order valence-corrected chi connectivity index (χ0v) is 7.71. The van der Waals surface area contributed by atoms with Crippen LogP contribution in [0.5, 0.6) is 0 Å². The highest BCUT2D eigenvalue weighted by molar-refractivity contribution is 5.90. The lowest BCUT2D eigenvalue weighted by atomic mass is 10.2. The number of aromatic nitrogens is 2. The van der Waals surface area contributed by atoms with Crippen molar-refractivity contribution < 1.29 is 18.0 Å². The number of H-pyrrole nitrogens is 1. The fraction of sp³-hybridized carbons (Fsp3) is 0.125. The van der Waals surface area contributed by atoms with E-state index in [1.807, 2.05) is 4.98 Å². The van der Waals surface area contributed by atoms with Crippen molar-refractivity contribution in [1.82, 2.24) is 9.97 Å². The average Bonchev–Trinajstić information content (AvgIpc) is 2.13. The summed E-state index contributed by atoms with van der Waals surface area (Å²) in [4.78, 5) is 26.4. The highest BCUT2D eigenvalue weighted by Crippen LogP contribution is 2.28. The third kappa shape index (κ3) is 2.69. The maximum absolute atomic E-state index is 12.4. The van der Waals surface area contributed by atoms with Crippen LogP contribution in [-0.2, 0) is 11.0 Å². The van der Waals surface area contributed by atoms with Crippen LogP contribution < -0.4 is 11.3 Å². The van der Waals surface area contributed by atoms with Crippen molar-refractivity contribution in [3.05, 3.63) is 34.0 Å². The summed E-state index contributed by atoms with van der Waals surface area (Å²) in [6, 6.07) is 0. The van der Waals surface area contributed by atoms with Crippen LogP contribution in [0.2, 0.25) is 0 Å². The quantitative estimate of drug-likeness (QED) is 0.719. The molecule has 0 radical (unpaired) electrons. The van der Waals surface area contributed by atoms with E-state index >= 15 is 0 Å². The topological polar surface area (TPSA) is 88.8 Å². The Balaban J connectivity index is 3.36. The maximum atomic E-state index is 12.4. The number of alkyl halides is 3. The van der Waals surface area contributed by atoms with Gasteiger partial charge in [-0.05, 0) is 6.08 Å². The van der Waals surface area contributed by atoms with Gasteiger partial charge in [-0.2, -0.15) is 13.2 Å². The molecule has 1 amide bonds. The fourth-order valence-electron chi connectivity index (χ4n) is 0.956. The minimum Gasteiger partial charge on any atom is -0.366 e. The van der Waals surface area contributed by atoms with Crippen molar-refractivity contribution in [3.8, 4) is 0 Å². The number of nitrogens with two attached hydrogens (primary N) is 1. The second-order valence-corrected chi connectivity index (χ2v) is 2.73. The van der Waals surface area contributed by atoms with Gasteiger partial charge in [-0.1, -0.05) is 0 Å². The fourth-order valence-corrected chi connectivity index (χ4v) is 0.956. The van der Waals surface area contributed by atoms with Gasteiger partial charge in [0, 0.05) is 6.08 Å². The Bertz CT molecular complexity index is 490. The molecule has 0 fully saturated rings. The molecule has 3 N–H and O–H groups in total. The summed E-state index contributed by atoms with van der Waals surface area (Å²) in [5.74, 6) is -0.962. The van der Waals surface area contributed by atoms with Gasteiger partial charge in [0.1, 0.15) is 0 Å². The van der Waals surface area contributed by atoms with Gasteiger partial charge in [-0.25, -0.2) is 4.98 Å². The molecule has 0 aliphatic carbocycles. The van der Waals surface area contributed by atoms with Crippen LogP contribution in [0.1, 0.15) is 11.3 Å². The largest absolute Gasteiger partial charge is 0.434 e. The van der Waals surface area contributed by atoms with Crippen LogP contribution in [0.3, 0.4) is 0 Å². The van der Waals surface area contributed by atoms with E-state index < -0.39 is 28.9 Å². The van der Waals surface area contributed by atoms with Gasteiger partial charge in [0.15, 0.2) is 5.69 Å². The van der Waals surface area contributed by atoms with E-state index in [4.69, 9.17) is 5.73 Å². The molecule has 0 aliphatic rings. The lowest BCUT2D eigenvalue weighted by molar-refractivity contribution is -0.141. The molecule has 0 spiro atoms. The molecule has 5 nitrogen and oxygen atoms in total. The molecule has 0 atom stereocenters. The molecule has 0 saturated heterocycles. The number of halogens is 3. The molecule has 16 heavy (non-hydrogen) atoms. The van der Waals surface area contributed by atoms with Crippen LogP contribution in [0.25, 0.3) is 6.08 Å². The highest BCUT2D eigenvalue weighted by atomic mass is 19.4. The van der Waals surface area contributed by atoms with Gasteiger partial charge in [-0.3, -0.25) is 9.59 Å². The molecule has 0 bridgehead atoms. The standard InChI is InChI=1S/C8H6F3N3O2/c9-8(10,11)6-4(1-2-5(12)15)7(16)14-3-13-6/h1-3H,(H2,12,15)(H,13,14,16). The van der Waals surface area contributed by atoms with E-state index in [-0.39, 0.29) is 0 Å². The number of nitrogens with one attached hydrogen (secondary N) is 1. The minimum atomic E-state index is -4.77. The molecule has 1 aromatic rings. The van der Waals surface area contributed by atoms with Gasteiger partial charge in [-0.15, -0.1) is 0 Å². The second-order valence-electron chi connectivity index (χ2n) is 2.73. The van der Waals surface area contributed by atoms with E-state index in [1.54, 1.807) is 0 Å². The monoisotopic (exact) mass is 233 g/mol. The number of primary amides is 1. The predicted molar refractivity (Wildman–Crippen MR) is 48.1 cm³/mol. The number of hydrogen-bond acceptors (Lipinski definition) is 3. The Hall–Kier alpha value is -2.12. The first-order valence-corrected chi connectivity index (χ1v) is 3.95. The van der Waals surface area contributed by atoms with E-state index in [9.17, 15) is 22.8 Å². The summed E-state index contributed by atoms with van der Waals surface area (Å²) >= 11 is 0. The number of aromatic amines is 1. The number of carbonyl (C=O) groups excluding carboxylic acids is 1. The highest BCUT2D eigenvalue weighted by Gasteiger charge is 2.35. The molecule has 8 heteroatoms. The molecule has 1 heterocycles. The van der Waals surface area contributed by atoms with Gasteiger partial charge in [0.2, 0.25) is 5.91 Å². The van der Waals surface area contributed by atoms with Crippen LogP contribution in [0.15, 0.2) is 17.2 Å². The third-order valence-corrected chi connectivity index (χ3v) is 1.57. The zero-order valence-electron chi connectivity index (χ0n) is 7.71. The second kappa shape index (κ2) is 4.17.